The molecule has 2 rings (SSSR count). The summed E-state index contributed by atoms with van der Waals surface area (Å²) < 4.78 is 59.7. The predicted octanol–water partition coefficient (Wildman–Crippen LogP) is 3.17. The van der Waals surface area contributed by atoms with Gasteiger partial charge in [0.15, 0.2) is 5.60 Å². The van der Waals surface area contributed by atoms with Gasteiger partial charge in [-0.2, -0.15) is 8.78 Å². The molecule has 1 aromatic carbocycles. The van der Waals surface area contributed by atoms with Gasteiger partial charge < -0.3 is 9.47 Å². The molecule has 0 bridgehead atoms. The number of benzene rings is 1. The molecule has 0 aromatic heterocycles. The first-order chi connectivity index (χ1) is 7.91. The number of halogens is 4. The number of rotatable bonds is 4. The molecule has 1 aliphatic carbocycles. The van der Waals surface area contributed by atoms with Gasteiger partial charge in [-0.1, -0.05) is 12.1 Å². The van der Waals surface area contributed by atoms with E-state index in [1.807, 2.05) is 0 Å². The maximum atomic E-state index is 13.2. The zero-order chi connectivity index (χ0) is 12.7. The first-order valence-electron chi connectivity index (χ1n) is 4.90. The lowest BCUT2D eigenvalue weighted by Crippen LogP contribution is -2.23. The van der Waals surface area contributed by atoms with Gasteiger partial charge in [-0.3, -0.25) is 0 Å². The van der Waals surface area contributed by atoms with Gasteiger partial charge in [0, 0.05) is 0 Å². The number of alkyl halides is 4. The Hall–Kier alpha value is -1.30. The van der Waals surface area contributed by atoms with Gasteiger partial charge >= 0.3 is 6.61 Å². The van der Waals surface area contributed by atoms with Crippen LogP contribution in [0.4, 0.5) is 17.6 Å². The lowest BCUT2D eigenvalue weighted by Gasteiger charge is -2.17. The predicted molar refractivity (Wildman–Crippen MR) is 51.3 cm³/mol. The van der Waals surface area contributed by atoms with Crippen LogP contribution >= 0.6 is 0 Å². The van der Waals surface area contributed by atoms with Crippen molar-refractivity contribution in [3.8, 4) is 5.75 Å². The van der Waals surface area contributed by atoms with Crippen LogP contribution in [-0.2, 0) is 10.3 Å². The molecule has 0 heterocycles. The van der Waals surface area contributed by atoms with E-state index in [0.29, 0.717) is 5.75 Å². The van der Waals surface area contributed by atoms with Crippen LogP contribution in [-0.4, -0.2) is 19.6 Å². The third-order valence-corrected chi connectivity index (χ3v) is 2.78. The Morgan fingerprint density at radius 1 is 1.18 bits per heavy atom. The number of methoxy groups -OCH3 is 1. The lowest BCUT2D eigenvalue weighted by atomic mass is 10.1. The molecule has 94 valence electrons. The molecule has 0 spiro atoms. The molecule has 1 fully saturated rings. The minimum absolute atomic E-state index is 0.0311. The van der Waals surface area contributed by atoms with Crippen LogP contribution in [0.1, 0.15) is 12.0 Å². The van der Waals surface area contributed by atoms with E-state index >= 15 is 0 Å². The Morgan fingerprint density at radius 2 is 1.71 bits per heavy atom. The van der Waals surface area contributed by atoms with Gasteiger partial charge in [-0.05, 0) is 17.7 Å². The van der Waals surface area contributed by atoms with Crippen LogP contribution in [0, 0.1) is 0 Å². The third-order valence-electron chi connectivity index (χ3n) is 2.78. The first kappa shape index (κ1) is 12.2. The minimum Gasteiger partial charge on any atom is -0.497 e. The second kappa shape index (κ2) is 3.87. The summed E-state index contributed by atoms with van der Waals surface area (Å²) in [5.41, 5.74) is -2.16. The molecule has 1 aromatic rings. The topological polar surface area (TPSA) is 18.5 Å². The van der Waals surface area contributed by atoms with Crippen LogP contribution in [0.15, 0.2) is 24.3 Å². The largest absolute Gasteiger partial charge is 0.497 e. The molecule has 0 radical (unpaired) electrons. The highest BCUT2D eigenvalue weighted by Gasteiger charge is 2.74. The summed E-state index contributed by atoms with van der Waals surface area (Å²) >= 11 is 0. The van der Waals surface area contributed by atoms with Gasteiger partial charge in [0.1, 0.15) is 5.75 Å². The molecule has 0 amide bonds. The fourth-order valence-corrected chi connectivity index (χ4v) is 1.79. The molecule has 0 saturated heterocycles. The summed E-state index contributed by atoms with van der Waals surface area (Å²) in [4.78, 5) is 0. The van der Waals surface area contributed by atoms with E-state index in [9.17, 15) is 17.6 Å². The maximum Gasteiger partial charge on any atom is 0.346 e. The molecule has 2 nitrogen and oxygen atoms in total. The molecule has 1 saturated carbocycles. The second-order valence-electron chi connectivity index (χ2n) is 3.82. The fraction of sp³-hybridized carbons (Fsp3) is 0.455. The van der Waals surface area contributed by atoms with Gasteiger partial charge in [-0.25, -0.2) is 8.78 Å². The molecular weight excluding hydrogens is 240 g/mol. The van der Waals surface area contributed by atoms with Crippen molar-refractivity contribution in [3.63, 3.8) is 0 Å². The quantitative estimate of drug-likeness (QED) is 0.764. The van der Waals surface area contributed by atoms with Crippen LogP contribution in [0.25, 0.3) is 0 Å². The minimum atomic E-state index is -3.25. The standard InChI is InChI=1S/C11H10F4O2/c1-16-8-4-2-7(3-5-8)10(17-9(12)13)6-11(10,14)15/h2-5,9H,6H2,1H3. The molecule has 6 heteroatoms. The molecule has 17 heavy (non-hydrogen) atoms. The van der Waals surface area contributed by atoms with Crippen molar-refractivity contribution in [2.24, 2.45) is 0 Å². The highest BCUT2D eigenvalue weighted by atomic mass is 19.3. The third kappa shape index (κ3) is 1.97. The lowest BCUT2D eigenvalue weighted by molar-refractivity contribution is -0.203. The van der Waals surface area contributed by atoms with Crippen molar-refractivity contribution in [2.45, 2.75) is 24.6 Å². The first-order valence-corrected chi connectivity index (χ1v) is 4.90. The molecule has 1 aliphatic rings. The molecule has 0 aliphatic heterocycles. The second-order valence-corrected chi connectivity index (χ2v) is 3.82. The Bertz CT molecular complexity index is 404. The van der Waals surface area contributed by atoms with E-state index in [2.05, 4.69) is 4.74 Å². The van der Waals surface area contributed by atoms with Gasteiger partial charge in [0.2, 0.25) is 0 Å². The summed E-state index contributed by atoms with van der Waals surface area (Å²) in [5, 5.41) is 0. The number of hydrogen-bond donors (Lipinski definition) is 0. The van der Waals surface area contributed by atoms with E-state index in [0.717, 1.165) is 0 Å². The van der Waals surface area contributed by atoms with Crippen LogP contribution in [0.2, 0.25) is 0 Å². The van der Waals surface area contributed by atoms with Gasteiger partial charge in [0.05, 0.1) is 13.5 Å². The van der Waals surface area contributed by atoms with Crippen LogP contribution in [0.3, 0.4) is 0 Å². The molecule has 0 N–H and O–H groups in total. The van der Waals surface area contributed by atoms with Gasteiger partial charge in [0.25, 0.3) is 5.92 Å². The summed E-state index contributed by atoms with van der Waals surface area (Å²) in [6.45, 7) is -3.23. The molecule has 1 atom stereocenters. The van der Waals surface area contributed by atoms with Crippen molar-refractivity contribution >= 4 is 0 Å². The van der Waals surface area contributed by atoms with Crippen LogP contribution in [0.5, 0.6) is 5.75 Å². The van der Waals surface area contributed by atoms with E-state index in [4.69, 9.17) is 4.74 Å². The summed E-state index contributed by atoms with van der Waals surface area (Å²) in [5.74, 6) is -2.79. The summed E-state index contributed by atoms with van der Waals surface area (Å²) in [7, 11) is 1.42. The molecular formula is C11H10F4O2. The van der Waals surface area contributed by atoms with Crippen molar-refractivity contribution in [3.05, 3.63) is 29.8 Å². The maximum absolute atomic E-state index is 13.2. The monoisotopic (exact) mass is 250 g/mol. The normalized spacial score (nSPS) is 26.0. The SMILES string of the molecule is COc1ccc(C2(OC(F)F)CC2(F)F)cc1. The van der Waals surface area contributed by atoms with E-state index in [-0.39, 0.29) is 5.56 Å². The zero-order valence-corrected chi connectivity index (χ0v) is 8.92. The van der Waals surface area contributed by atoms with Crippen molar-refractivity contribution in [1.82, 2.24) is 0 Å². The zero-order valence-electron chi connectivity index (χ0n) is 8.92. The Morgan fingerprint density at radius 3 is 2.06 bits per heavy atom. The highest BCUT2D eigenvalue weighted by Crippen LogP contribution is 2.62. The van der Waals surface area contributed by atoms with E-state index < -0.39 is 24.6 Å². The van der Waals surface area contributed by atoms with Crippen molar-refractivity contribution in [1.29, 1.82) is 0 Å². The van der Waals surface area contributed by atoms with Crippen LogP contribution < -0.4 is 4.74 Å². The average Bonchev–Trinajstić information content (AvgIpc) is 2.80. The number of ether oxygens (including phenoxy) is 2. The van der Waals surface area contributed by atoms with E-state index in [1.54, 1.807) is 0 Å². The van der Waals surface area contributed by atoms with Crippen molar-refractivity contribution in [2.75, 3.05) is 7.11 Å². The number of hydrogen-bond acceptors (Lipinski definition) is 2. The Balaban J connectivity index is 2.28. The van der Waals surface area contributed by atoms with Crippen molar-refractivity contribution < 1.29 is 27.0 Å². The Labute approximate surface area is 95.1 Å². The Kier molecular flexibility index (Phi) is 2.77. The molecule has 1 unspecified atom stereocenters. The fourth-order valence-electron chi connectivity index (χ4n) is 1.79. The van der Waals surface area contributed by atoms with E-state index in [1.165, 1.54) is 31.4 Å². The highest BCUT2D eigenvalue weighted by molar-refractivity contribution is 5.38. The average molecular weight is 250 g/mol. The van der Waals surface area contributed by atoms with Gasteiger partial charge in [-0.15, -0.1) is 0 Å². The smallest absolute Gasteiger partial charge is 0.346 e. The summed E-state index contributed by atoms with van der Waals surface area (Å²) in [6, 6.07) is 5.48. The summed E-state index contributed by atoms with van der Waals surface area (Å²) in [6.07, 6.45) is -0.726.